The number of likely N-dealkylation sites (N-methyl/N-ethyl adjacent to an activating group) is 1. The summed E-state index contributed by atoms with van der Waals surface area (Å²) in [5.74, 6) is 1.87. The van der Waals surface area contributed by atoms with Crippen molar-refractivity contribution >= 4 is 5.82 Å². The van der Waals surface area contributed by atoms with Crippen molar-refractivity contribution in [3.05, 3.63) is 103 Å². The Balaban J connectivity index is 2.94. The molecule has 1 rings (SSSR count). The molecule has 0 saturated carbocycles. The Morgan fingerprint density at radius 2 is 1.80 bits per heavy atom. The molecule has 1 aromatic heterocycles. The summed E-state index contributed by atoms with van der Waals surface area (Å²) in [5, 5.41) is 6.68. The minimum Gasteiger partial charge on any atom is -0.388 e. The predicted molar refractivity (Wildman–Crippen MR) is 152 cm³/mol. The highest BCUT2D eigenvalue weighted by Gasteiger charge is 2.06. The van der Waals surface area contributed by atoms with Gasteiger partial charge < -0.3 is 10.6 Å². The smallest absolute Gasteiger partial charge is 0.134 e. The number of allylic oxidation sites excluding steroid dienone is 8. The molecule has 0 saturated heterocycles. The van der Waals surface area contributed by atoms with Gasteiger partial charge in [-0.15, -0.1) is 0 Å². The fourth-order valence-electron chi connectivity index (χ4n) is 3.10. The third kappa shape index (κ3) is 12.2. The summed E-state index contributed by atoms with van der Waals surface area (Å²) in [6.45, 7) is 15.3. The Kier molecular flexibility index (Phi) is 15.5. The molecule has 2 atom stereocenters. The molecule has 1 heterocycles. The molecule has 6 heteroatoms. The van der Waals surface area contributed by atoms with E-state index in [2.05, 4.69) is 109 Å². The Bertz CT molecular complexity index is 923. The monoisotopic (exact) mass is 476 g/mol. The van der Waals surface area contributed by atoms with E-state index in [1.807, 2.05) is 26.2 Å². The molecule has 0 fully saturated rings. The molecule has 0 aliphatic heterocycles. The predicted octanol–water partition coefficient (Wildman–Crippen LogP) is 5.42. The second kappa shape index (κ2) is 18.2. The quantitative estimate of drug-likeness (QED) is 0.137. The zero-order valence-electron chi connectivity index (χ0n) is 22.1. The van der Waals surface area contributed by atoms with Gasteiger partial charge in [0.05, 0.1) is 6.04 Å². The highest BCUT2D eigenvalue weighted by molar-refractivity contribution is 5.41. The van der Waals surface area contributed by atoms with Crippen LogP contribution in [0.3, 0.4) is 0 Å². The topological polar surface area (TPSA) is 73.9 Å². The van der Waals surface area contributed by atoms with Gasteiger partial charge in [-0.05, 0) is 43.5 Å². The van der Waals surface area contributed by atoms with Crippen molar-refractivity contribution in [2.45, 2.75) is 46.1 Å². The zero-order chi connectivity index (χ0) is 25.9. The van der Waals surface area contributed by atoms with Gasteiger partial charge in [0.15, 0.2) is 0 Å². The first-order valence-corrected chi connectivity index (χ1v) is 12.4. The van der Waals surface area contributed by atoms with Gasteiger partial charge in [-0.3, -0.25) is 10.9 Å². The molecule has 0 amide bonds. The number of hydrogen-bond acceptors (Lipinski definition) is 6. The fourth-order valence-corrected chi connectivity index (χ4v) is 3.10. The van der Waals surface area contributed by atoms with Crippen LogP contribution in [0.4, 0.5) is 5.82 Å². The zero-order valence-corrected chi connectivity index (χ0v) is 22.1. The van der Waals surface area contributed by atoms with Gasteiger partial charge in [0, 0.05) is 31.9 Å². The van der Waals surface area contributed by atoms with Crippen LogP contribution in [0.1, 0.15) is 39.4 Å². The van der Waals surface area contributed by atoms with Crippen LogP contribution >= 0.6 is 0 Å². The lowest BCUT2D eigenvalue weighted by atomic mass is 10.0. The summed E-state index contributed by atoms with van der Waals surface area (Å²) in [6, 6.07) is 1.91. The number of anilines is 1. The van der Waals surface area contributed by atoms with Crippen LogP contribution in [0.2, 0.25) is 0 Å². The summed E-state index contributed by atoms with van der Waals surface area (Å²) >= 11 is 0. The second-order valence-corrected chi connectivity index (χ2v) is 8.07. The van der Waals surface area contributed by atoms with Crippen LogP contribution in [0.25, 0.3) is 0 Å². The first kappa shape index (κ1) is 29.8. The van der Waals surface area contributed by atoms with Crippen molar-refractivity contribution in [3.8, 4) is 0 Å². The normalized spacial score (nSPS) is 14.5. The van der Waals surface area contributed by atoms with Crippen molar-refractivity contribution < 1.29 is 0 Å². The molecule has 0 bridgehead atoms. The lowest BCUT2D eigenvalue weighted by Crippen LogP contribution is -2.32. The number of nitrogens with zero attached hydrogens (tertiary/aromatic N) is 2. The number of rotatable bonds is 17. The van der Waals surface area contributed by atoms with Gasteiger partial charge in [-0.1, -0.05) is 88.1 Å². The number of aromatic nitrogens is 2. The van der Waals surface area contributed by atoms with E-state index in [1.54, 1.807) is 6.20 Å². The Hall–Kier alpha value is -3.22. The van der Waals surface area contributed by atoms with Crippen molar-refractivity contribution in [3.63, 3.8) is 0 Å². The van der Waals surface area contributed by atoms with Gasteiger partial charge in [0.1, 0.15) is 11.6 Å². The van der Waals surface area contributed by atoms with E-state index in [1.165, 1.54) is 0 Å². The minimum absolute atomic E-state index is 0.00828. The maximum absolute atomic E-state index is 4.72. The Labute approximate surface area is 212 Å². The van der Waals surface area contributed by atoms with E-state index in [9.17, 15) is 0 Å². The Morgan fingerprint density at radius 1 is 1.06 bits per heavy atom. The molecule has 0 radical (unpaired) electrons. The molecule has 0 spiro atoms. The minimum atomic E-state index is 0.00828. The first-order chi connectivity index (χ1) is 17.0. The van der Waals surface area contributed by atoms with Crippen LogP contribution in [0, 0.1) is 5.92 Å². The Morgan fingerprint density at radius 3 is 2.46 bits per heavy atom. The molecule has 0 aromatic carbocycles. The average molecular weight is 477 g/mol. The lowest BCUT2D eigenvalue weighted by molar-refractivity contribution is 0.525. The van der Waals surface area contributed by atoms with Gasteiger partial charge in [0.25, 0.3) is 0 Å². The number of hydrogen-bond donors (Lipinski definition) is 4. The third-order valence-corrected chi connectivity index (χ3v) is 5.25. The van der Waals surface area contributed by atoms with Gasteiger partial charge in [-0.2, -0.15) is 0 Å². The molecular formula is C29H44N6. The van der Waals surface area contributed by atoms with Gasteiger partial charge in [0.2, 0.25) is 0 Å². The van der Waals surface area contributed by atoms with Crippen LogP contribution in [-0.2, 0) is 6.42 Å². The maximum atomic E-state index is 4.72. The summed E-state index contributed by atoms with van der Waals surface area (Å²) in [4.78, 5) is 9.16. The standard InChI is InChI=1S/C29H44N6/c1-8-11-14-25(27(10-3)30-6)15-13-17-28-32-21-20-29(35-28)34-26(16-12-9-2)19-18-23(4)24(5)22-33-31-7/h10-16,18-21,24,26,30-31,33H,3-4,8-9,17,22H2,1-2,5-7H3,(H,32,34,35)/b14-11+,15-13-,16-12+,19-18-,27-25+. The van der Waals surface area contributed by atoms with Crippen molar-refractivity contribution in [2.75, 3.05) is 26.0 Å². The molecule has 190 valence electrons. The average Bonchev–Trinajstić information content (AvgIpc) is 2.87. The van der Waals surface area contributed by atoms with Gasteiger partial charge >= 0.3 is 0 Å². The lowest BCUT2D eigenvalue weighted by Gasteiger charge is -2.15. The van der Waals surface area contributed by atoms with Crippen LogP contribution in [0.5, 0.6) is 0 Å². The second-order valence-electron chi connectivity index (χ2n) is 8.07. The highest BCUT2D eigenvalue weighted by atomic mass is 15.3. The summed E-state index contributed by atoms with van der Waals surface area (Å²) in [7, 11) is 3.77. The largest absolute Gasteiger partial charge is 0.388 e. The molecule has 4 N–H and O–H groups in total. The molecule has 1 aromatic rings. The number of nitrogens with one attached hydrogen (secondary N) is 4. The molecule has 0 aliphatic carbocycles. The van der Waals surface area contributed by atoms with Crippen LogP contribution in [-0.4, -0.2) is 36.6 Å². The summed E-state index contributed by atoms with van der Waals surface area (Å²) < 4.78 is 0. The molecule has 2 unspecified atom stereocenters. The molecular weight excluding hydrogens is 432 g/mol. The molecule has 0 aliphatic rings. The van der Waals surface area contributed by atoms with E-state index in [4.69, 9.17) is 4.98 Å². The van der Waals surface area contributed by atoms with E-state index in [-0.39, 0.29) is 6.04 Å². The van der Waals surface area contributed by atoms with E-state index >= 15 is 0 Å². The molecule has 6 nitrogen and oxygen atoms in total. The van der Waals surface area contributed by atoms with Gasteiger partial charge in [-0.25, -0.2) is 9.97 Å². The first-order valence-electron chi connectivity index (χ1n) is 12.4. The fraction of sp³-hybridized carbons (Fsp3) is 0.379. The maximum Gasteiger partial charge on any atom is 0.134 e. The van der Waals surface area contributed by atoms with E-state index in [0.29, 0.717) is 12.3 Å². The van der Waals surface area contributed by atoms with Crippen molar-refractivity contribution in [1.82, 2.24) is 26.1 Å². The van der Waals surface area contributed by atoms with E-state index in [0.717, 1.165) is 47.9 Å². The molecule has 35 heavy (non-hydrogen) atoms. The summed E-state index contributed by atoms with van der Waals surface area (Å²) in [5.41, 5.74) is 9.21. The van der Waals surface area contributed by atoms with E-state index < -0.39 is 0 Å². The van der Waals surface area contributed by atoms with Crippen molar-refractivity contribution in [2.24, 2.45) is 5.92 Å². The number of hydrazine groups is 1. The van der Waals surface area contributed by atoms with Crippen LogP contribution < -0.4 is 21.5 Å². The summed E-state index contributed by atoms with van der Waals surface area (Å²) in [6.07, 6.45) is 23.1. The van der Waals surface area contributed by atoms with Crippen molar-refractivity contribution in [1.29, 1.82) is 0 Å². The third-order valence-electron chi connectivity index (χ3n) is 5.25. The van der Waals surface area contributed by atoms with Crippen LogP contribution in [0.15, 0.2) is 96.9 Å². The SMILES string of the molecule is C=C/C(NC)=C(\C=C/Cc1nccc(NC(/C=C\C(=C)C(C)CNNC)/C=C/CC)n1)/C=C/CC. The highest BCUT2D eigenvalue weighted by Crippen LogP contribution is 2.13.